The lowest BCUT2D eigenvalue weighted by atomic mass is 10.2. The minimum Gasteiger partial charge on any atom is -0.495 e. The minimum atomic E-state index is 0.717. The standard InChI is InChI=1S/C30H42N12O2/c1-7-37-21-31-41(9-3)29(37)35-33-23-11-13-25(27(19-23)43-5)39-15-17-40(18-16-39)26-14-12-24(20-28(26)44-6)34-36-30-38(8-2)22-32-42(30)10-4/h11-14,19-22H,7-10,15-18H2,1-6H3/q+2. The SMILES string of the molecule is CCn1nc[n+](CC)c1N=Nc1ccc(N2CCN(c3ccc(N=Nc4n(CC)nc[n+]4CC)cc3OC)CC2)c(OC)c1. The van der Waals surface area contributed by atoms with Gasteiger partial charge in [-0.15, -0.1) is 9.36 Å². The summed E-state index contributed by atoms with van der Waals surface area (Å²) in [6.07, 6.45) is 3.56. The Balaban J connectivity index is 1.27. The first-order chi connectivity index (χ1) is 21.5. The van der Waals surface area contributed by atoms with Crippen molar-refractivity contribution in [2.75, 3.05) is 50.2 Å². The Morgan fingerprint density at radius 3 is 1.39 bits per heavy atom. The van der Waals surface area contributed by atoms with Gasteiger partial charge in [0.1, 0.15) is 22.9 Å². The molecule has 232 valence electrons. The number of anilines is 2. The second kappa shape index (κ2) is 14.1. The number of rotatable bonds is 12. The molecule has 1 fully saturated rings. The monoisotopic (exact) mass is 602 g/mol. The van der Waals surface area contributed by atoms with E-state index >= 15 is 0 Å². The van der Waals surface area contributed by atoms with Gasteiger partial charge in [-0.1, -0.05) is 10.2 Å². The molecule has 5 rings (SSSR count). The van der Waals surface area contributed by atoms with Gasteiger partial charge in [0.2, 0.25) is 12.7 Å². The molecule has 1 aliphatic heterocycles. The largest absolute Gasteiger partial charge is 0.495 e. The number of hydrogen-bond acceptors (Lipinski definition) is 10. The van der Waals surface area contributed by atoms with E-state index in [0.29, 0.717) is 11.9 Å². The van der Waals surface area contributed by atoms with E-state index < -0.39 is 0 Å². The van der Waals surface area contributed by atoms with Gasteiger partial charge in [-0.05, 0) is 62.2 Å². The van der Waals surface area contributed by atoms with Crippen molar-refractivity contribution < 1.29 is 18.6 Å². The quantitative estimate of drug-likeness (QED) is 0.168. The van der Waals surface area contributed by atoms with Gasteiger partial charge in [-0.2, -0.15) is 0 Å². The molecule has 0 saturated carbocycles. The zero-order valence-corrected chi connectivity index (χ0v) is 26.5. The molecule has 0 unspecified atom stereocenters. The van der Waals surface area contributed by atoms with Crippen LogP contribution in [-0.2, 0) is 26.2 Å². The Morgan fingerprint density at radius 1 is 0.636 bits per heavy atom. The normalized spacial score (nSPS) is 13.9. The molecule has 14 heteroatoms. The molecular weight excluding hydrogens is 560 g/mol. The van der Waals surface area contributed by atoms with Gasteiger partial charge in [-0.3, -0.25) is 0 Å². The third kappa shape index (κ3) is 6.38. The molecule has 1 aliphatic rings. The number of aromatic nitrogens is 6. The maximum Gasteiger partial charge on any atom is 0.403 e. The first-order valence-corrected chi connectivity index (χ1v) is 15.1. The lowest BCUT2D eigenvalue weighted by Crippen LogP contribution is -2.46. The van der Waals surface area contributed by atoms with Crippen LogP contribution in [0.4, 0.5) is 34.6 Å². The first kappa shape index (κ1) is 30.6. The van der Waals surface area contributed by atoms with Crippen LogP contribution < -0.4 is 28.4 Å². The van der Waals surface area contributed by atoms with Crippen LogP contribution in [0.15, 0.2) is 69.5 Å². The maximum absolute atomic E-state index is 5.78. The highest BCUT2D eigenvalue weighted by Gasteiger charge is 2.23. The molecular formula is C30H42N12O2+2. The van der Waals surface area contributed by atoms with E-state index in [0.717, 1.165) is 86.6 Å². The summed E-state index contributed by atoms with van der Waals surface area (Å²) in [6.45, 7) is 14.5. The number of benzene rings is 2. The van der Waals surface area contributed by atoms with Crippen molar-refractivity contribution in [2.24, 2.45) is 20.5 Å². The molecule has 0 spiro atoms. The van der Waals surface area contributed by atoms with Gasteiger partial charge in [0.25, 0.3) is 0 Å². The van der Waals surface area contributed by atoms with Crippen molar-refractivity contribution in [3.63, 3.8) is 0 Å². The van der Waals surface area contributed by atoms with Crippen LogP contribution in [0.25, 0.3) is 0 Å². The molecule has 4 aromatic rings. The maximum atomic E-state index is 5.78. The topological polar surface area (TPSA) is 118 Å². The number of piperazine rings is 1. The number of hydrogen-bond donors (Lipinski definition) is 0. The summed E-state index contributed by atoms with van der Waals surface area (Å²) < 4.78 is 19.2. The summed E-state index contributed by atoms with van der Waals surface area (Å²) >= 11 is 0. The zero-order chi connectivity index (χ0) is 31.1. The van der Waals surface area contributed by atoms with E-state index in [1.54, 1.807) is 26.9 Å². The molecule has 2 aromatic heterocycles. The van der Waals surface area contributed by atoms with E-state index in [1.807, 2.05) is 56.6 Å². The second-order valence-corrected chi connectivity index (χ2v) is 10.2. The molecule has 3 heterocycles. The fraction of sp³-hybridized carbons (Fsp3) is 0.467. The van der Waals surface area contributed by atoms with E-state index in [2.05, 4.69) is 66.4 Å². The van der Waals surface area contributed by atoms with Crippen LogP contribution in [0.2, 0.25) is 0 Å². The lowest BCUT2D eigenvalue weighted by Gasteiger charge is -2.38. The van der Waals surface area contributed by atoms with Crippen molar-refractivity contribution in [2.45, 2.75) is 53.9 Å². The van der Waals surface area contributed by atoms with Crippen molar-refractivity contribution in [1.82, 2.24) is 19.6 Å². The van der Waals surface area contributed by atoms with Crippen molar-refractivity contribution in [3.05, 3.63) is 49.1 Å². The highest BCUT2D eigenvalue weighted by Crippen LogP contribution is 2.36. The Hall–Kier alpha value is -4.88. The van der Waals surface area contributed by atoms with E-state index in [9.17, 15) is 0 Å². The van der Waals surface area contributed by atoms with Gasteiger partial charge in [0, 0.05) is 48.5 Å². The molecule has 0 amide bonds. The smallest absolute Gasteiger partial charge is 0.403 e. The predicted octanol–water partition coefficient (Wildman–Crippen LogP) is 4.91. The Morgan fingerprint density at radius 2 is 1.05 bits per heavy atom. The molecule has 0 N–H and O–H groups in total. The summed E-state index contributed by atoms with van der Waals surface area (Å²) in [5.41, 5.74) is 3.51. The minimum absolute atomic E-state index is 0.717. The van der Waals surface area contributed by atoms with E-state index in [1.165, 1.54) is 0 Å². The number of azo groups is 2. The number of aryl methyl sites for hydroxylation is 4. The van der Waals surface area contributed by atoms with Crippen LogP contribution in [0.1, 0.15) is 27.7 Å². The number of nitrogens with zero attached hydrogens (tertiary/aromatic N) is 12. The van der Waals surface area contributed by atoms with Crippen molar-refractivity contribution in [3.8, 4) is 11.5 Å². The highest BCUT2D eigenvalue weighted by atomic mass is 16.5. The van der Waals surface area contributed by atoms with Crippen molar-refractivity contribution in [1.29, 1.82) is 0 Å². The molecule has 14 nitrogen and oxygen atoms in total. The second-order valence-electron chi connectivity index (χ2n) is 10.2. The summed E-state index contributed by atoms with van der Waals surface area (Å²) in [4.78, 5) is 4.67. The molecule has 1 saturated heterocycles. The Labute approximate surface area is 257 Å². The lowest BCUT2D eigenvalue weighted by molar-refractivity contribution is -0.681. The molecule has 2 aromatic carbocycles. The summed E-state index contributed by atoms with van der Waals surface area (Å²) in [7, 11) is 3.38. The average molecular weight is 603 g/mol. The highest BCUT2D eigenvalue weighted by molar-refractivity contribution is 5.67. The fourth-order valence-electron chi connectivity index (χ4n) is 5.24. The molecule has 0 atom stereocenters. The third-order valence-electron chi connectivity index (χ3n) is 7.71. The predicted molar refractivity (Wildman–Crippen MR) is 166 cm³/mol. The molecule has 0 radical (unpaired) electrons. The van der Waals surface area contributed by atoms with Gasteiger partial charge in [0.15, 0.2) is 0 Å². The zero-order valence-electron chi connectivity index (χ0n) is 26.5. The van der Waals surface area contributed by atoms with Gasteiger partial charge < -0.3 is 19.3 Å². The van der Waals surface area contributed by atoms with Crippen LogP contribution in [0.3, 0.4) is 0 Å². The van der Waals surface area contributed by atoms with Crippen molar-refractivity contribution >= 4 is 34.6 Å². The van der Waals surface area contributed by atoms with Crippen LogP contribution in [0, 0.1) is 0 Å². The van der Waals surface area contributed by atoms with Crippen LogP contribution in [0.5, 0.6) is 11.5 Å². The first-order valence-electron chi connectivity index (χ1n) is 15.1. The summed E-state index contributed by atoms with van der Waals surface area (Å²) in [6, 6.07) is 11.9. The Kier molecular flexibility index (Phi) is 9.77. The fourth-order valence-corrected chi connectivity index (χ4v) is 5.24. The average Bonchev–Trinajstić information content (AvgIpc) is 3.68. The summed E-state index contributed by atoms with van der Waals surface area (Å²) in [5, 5.41) is 26.7. The molecule has 0 aliphatic carbocycles. The van der Waals surface area contributed by atoms with Gasteiger partial charge in [-0.25, -0.2) is 9.13 Å². The van der Waals surface area contributed by atoms with Gasteiger partial charge >= 0.3 is 11.9 Å². The van der Waals surface area contributed by atoms with Crippen LogP contribution in [-0.4, -0.2) is 60.0 Å². The third-order valence-corrected chi connectivity index (χ3v) is 7.71. The van der Waals surface area contributed by atoms with Gasteiger partial charge in [0.05, 0.1) is 51.8 Å². The molecule has 0 bridgehead atoms. The number of ether oxygens (including phenoxy) is 2. The number of methoxy groups -OCH3 is 2. The Bertz CT molecular complexity index is 1460. The molecule has 44 heavy (non-hydrogen) atoms. The summed E-state index contributed by atoms with van der Waals surface area (Å²) in [5.74, 6) is 2.97. The van der Waals surface area contributed by atoms with E-state index in [-0.39, 0.29) is 0 Å². The van der Waals surface area contributed by atoms with E-state index in [4.69, 9.17) is 9.47 Å². The van der Waals surface area contributed by atoms with Crippen LogP contribution >= 0.6 is 0 Å².